The van der Waals surface area contributed by atoms with Crippen LogP contribution in [0.5, 0.6) is 0 Å². The van der Waals surface area contributed by atoms with E-state index in [9.17, 15) is 0 Å². The van der Waals surface area contributed by atoms with Crippen LogP contribution in [0.15, 0.2) is 24.3 Å². The Bertz CT molecular complexity index is 601. The summed E-state index contributed by atoms with van der Waals surface area (Å²) in [6, 6.07) is 9.61. The van der Waals surface area contributed by atoms with E-state index in [-0.39, 0.29) is 18.3 Å². The molecule has 5 heteroatoms. The smallest absolute Gasteiger partial charge is 0.399 e. The van der Waals surface area contributed by atoms with Gasteiger partial charge < -0.3 is 19.1 Å². The highest BCUT2D eigenvalue weighted by Gasteiger charge is 2.51. The summed E-state index contributed by atoms with van der Waals surface area (Å²) in [5.41, 5.74) is 1.87. The third kappa shape index (κ3) is 3.41. The zero-order valence-corrected chi connectivity index (χ0v) is 16.8. The lowest BCUT2D eigenvalue weighted by atomic mass is 9.79. The molecule has 0 saturated carbocycles. The van der Waals surface area contributed by atoms with Gasteiger partial charge in [-0.15, -0.1) is 0 Å². The van der Waals surface area contributed by atoms with E-state index in [1.807, 2.05) is 0 Å². The molecule has 3 heterocycles. The van der Waals surface area contributed by atoms with Crippen molar-refractivity contribution in [1.29, 1.82) is 0 Å². The largest absolute Gasteiger partial charge is 0.494 e. The summed E-state index contributed by atoms with van der Waals surface area (Å²) in [5.74, 6) is 0. The maximum Gasteiger partial charge on any atom is 0.494 e. The topological polar surface area (TPSA) is 24.9 Å². The molecule has 26 heavy (non-hydrogen) atoms. The number of benzene rings is 1. The molecule has 0 spiro atoms. The summed E-state index contributed by atoms with van der Waals surface area (Å²) in [4.78, 5) is 5.24. The number of piperidine rings is 1. The van der Waals surface area contributed by atoms with Gasteiger partial charge in [0.25, 0.3) is 0 Å². The molecule has 0 aliphatic carbocycles. The van der Waals surface area contributed by atoms with E-state index in [0.29, 0.717) is 0 Å². The Morgan fingerprint density at radius 2 is 1.38 bits per heavy atom. The zero-order chi connectivity index (χ0) is 18.4. The Balaban J connectivity index is 1.37. The molecular weight excluding hydrogens is 323 g/mol. The summed E-state index contributed by atoms with van der Waals surface area (Å²) in [7, 11) is -0.269. The van der Waals surface area contributed by atoms with Gasteiger partial charge in [-0.3, -0.25) is 0 Å². The molecule has 0 atom stereocenters. The number of nitrogens with zero attached hydrogens (tertiary/aromatic N) is 2. The van der Waals surface area contributed by atoms with Gasteiger partial charge in [0.15, 0.2) is 0 Å². The van der Waals surface area contributed by atoms with Crippen LogP contribution in [0.3, 0.4) is 0 Å². The Morgan fingerprint density at radius 1 is 0.846 bits per heavy atom. The number of hydrogen-bond donors (Lipinski definition) is 0. The molecule has 3 aliphatic rings. The second kappa shape index (κ2) is 6.85. The highest BCUT2D eigenvalue weighted by molar-refractivity contribution is 6.62. The molecule has 1 aromatic rings. The molecule has 1 aromatic carbocycles. The third-order valence-corrected chi connectivity index (χ3v) is 6.91. The molecule has 0 N–H and O–H groups in total. The van der Waals surface area contributed by atoms with Crippen molar-refractivity contribution < 1.29 is 9.31 Å². The van der Waals surface area contributed by atoms with Crippen molar-refractivity contribution in [2.24, 2.45) is 0 Å². The van der Waals surface area contributed by atoms with Gasteiger partial charge in [0, 0.05) is 24.8 Å². The van der Waals surface area contributed by atoms with Crippen LogP contribution in [0.2, 0.25) is 0 Å². The average Bonchev–Trinajstić information content (AvgIpc) is 3.22. The SMILES string of the molecule is CC1(C)OB(c2ccc(N3CCC(N4CCCC4)CC3)cc2)OC1(C)C. The van der Waals surface area contributed by atoms with Gasteiger partial charge in [-0.1, -0.05) is 12.1 Å². The fourth-order valence-corrected chi connectivity index (χ4v) is 4.42. The third-order valence-electron chi connectivity index (χ3n) is 6.91. The van der Waals surface area contributed by atoms with Crippen molar-refractivity contribution in [3.8, 4) is 0 Å². The van der Waals surface area contributed by atoms with E-state index in [2.05, 4.69) is 61.8 Å². The normalized spacial score (nSPS) is 26.6. The Kier molecular flexibility index (Phi) is 4.83. The molecule has 0 bridgehead atoms. The number of anilines is 1. The molecule has 0 radical (unpaired) electrons. The predicted molar refractivity (Wildman–Crippen MR) is 108 cm³/mol. The van der Waals surface area contributed by atoms with Gasteiger partial charge in [-0.25, -0.2) is 0 Å². The lowest BCUT2D eigenvalue weighted by Crippen LogP contribution is -2.44. The number of likely N-dealkylation sites (tertiary alicyclic amines) is 1. The van der Waals surface area contributed by atoms with Crippen molar-refractivity contribution in [3.63, 3.8) is 0 Å². The molecule has 3 saturated heterocycles. The van der Waals surface area contributed by atoms with Crippen LogP contribution in [0.25, 0.3) is 0 Å². The van der Waals surface area contributed by atoms with Crippen molar-refractivity contribution in [2.45, 2.75) is 70.6 Å². The van der Waals surface area contributed by atoms with Crippen molar-refractivity contribution in [1.82, 2.24) is 4.90 Å². The van der Waals surface area contributed by atoms with Crippen molar-refractivity contribution in [3.05, 3.63) is 24.3 Å². The maximum absolute atomic E-state index is 6.17. The van der Waals surface area contributed by atoms with E-state index in [1.165, 1.54) is 44.5 Å². The molecule has 142 valence electrons. The first-order chi connectivity index (χ1) is 12.4. The number of hydrogen-bond acceptors (Lipinski definition) is 4. The minimum Gasteiger partial charge on any atom is -0.399 e. The molecule has 4 nitrogen and oxygen atoms in total. The van der Waals surface area contributed by atoms with Gasteiger partial charge in [0.2, 0.25) is 0 Å². The lowest BCUT2D eigenvalue weighted by molar-refractivity contribution is 0.00578. The molecule has 0 unspecified atom stereocenters. The minimum atomic E-state index is -0.284. The molecular formula is C21H33BN2O2. The summed E-state index contributed by atoms with van der Waals surface area (Å²) >= 11 is 0. The first-order valence-electron chi connectivity index (χ1n) is 10.3. The van der Waals surface area contributed by atoms with Crippen LogP contribution in [-0.4, -0.2) is 55.4 Å². The van der Waals surface area contributed by atoms with Gasteiger partial charge in [-0.2, -0.15) is 0 Å². The maximum atomic E-state index is 6.17. The van der Waals surface area contributed by atoms with E-state index < -0.39 is 0 Å². The second-order valence-corrected chi connectivity index (χ2v) is 9.14. The van der Waals surface area contributed by atoms with Crippen LogP contribution >= 0.6 is 0 Å². The van der Waals surface area contributed by atoms with Crippen LogP contribution in [-0.2, 0) is 9.31 Å². The molecule has 4 rings (SSSR count). The highest BCUT2D eigenvalue weighted by Crippen LogP contribution is 2.36. The summed E-state index contributed by atoms with van der Waals surface area (Å²) in [6.07, 6.45) is 5.36. The summed E-state index contributed by atoms with van der Waals surface area (Å²) in [6.45, 7) is 13.4. The Morgan fingerprint density at radius 3 is 1.92 bits per heavy atom. The Hall–Kier alpha value is -1.04. The van der Waals surface area contributed by atoms with Crippen LogP contribution in [0.1, 0.15) is 53.4 Å². The predicted octanol–water partition coefficient (Wildman–Crippen LogP) is 3.05. The van der Waals surface area contributed by atoms with Gasteiger partial charge in [0.05, 0.1) is 11.2 Å². The summed E-state index contributed by atoms with van der Waals surface area (Å²) < 4.78 is 12.3. The van der Waals surface area contributed by atoms with E-state index >= 15 is 0 Å². The van der Waals surface area contributed by atoms with Crippen LogP contribution < -0.4 is 10.4 Å². The quantitative estimate of drug-likeness (QED) is 0.778. The molecule has 0 amide bonds. The van der Waals surface area contributed by atoms with Crippen molar-refractivity contribution >= 4 is 18.3 Å². The number of rotatable bonds is 3. The van der Waals surface area contributed by atoms with Gasteiger partial charge in [0.1, 0.15) is 0 Å². The van der Waals surface area contributed by atoms with E-state index in [0.717, 1.165) is 24.6 Å². The van der Waals surface area contributed by atoms with E-state index in [1.54, 1.807) is 0 Å². The summed E-state index contributed by atoms with van der Waals surface area (Å²) in [5, 5.41) is 0. The van der Waals surface area contributed by atoms with Gasteiger partial charge in [-0.05, 0) is 84.1 Å². The van der Waals surface area contributed by atoms with Crippen LogP contribution in [0, 0.1) is 0 Å². The van der Waals surface area contributed by atoms with Gasteiger partial charge >= 0.3 is 7.12 Å². The molecule has 0 aromatic heterocycles. The first-order valence-corrected chi connectivity index (χ1v) is 10.3. The van der Waals surface area contributed by atoms with E-state index in [4.69, 9.17) is 9.31 Å². The fraction of sp³-hybridized carbons (Fsp3) is 0.714. The molecule has 3 fully saturated rings. The van der Waals surface area contributed by atoms with Crippen molar-refractivity contribution in [2.75, 3.05) is 31.1 Å². The second-order valence-electron chi connectivity index (χ2n) is 9.14. The first kappa shape index (κ1) is 18.3. The van der Waals surface area contributed by atoms with Crippen LogP contribution in [0.4, 0.5) is 5.69 Å². The Labute approximate surface area is 159 Å². The highest BCUT2D eigenvalue weighted by atomic mass is 16.7. The average molecular weight is 356 g/mol. The zero-order valence-electron chi connectivity index (χ0n) is 16.8. The lowest BCUT2D eigenvalue weighted by Gasteiger charge is -2.37. The monoisotopic (exact) mass is 356 g/mol. The minimum absolute atomic E-state index is 0.269. The fourth-order valence-electron chi connectivity index (χ4n) is 4.42. The standard InChI is InChI=1S/C21H33BN2O2/c1-20(2)21(3,4)26-22(25-20)17-7-9-18(10-8-17)24-15-11-19(12-16-24)23-13-5-6-14-23/h7-10,19H,5-6,11-16H2,1-4H3. The molecule has 3 aliphatic heterocycles.